The van der Waals surface area contributed by atoms with Crippen molar-refractivity contribution in [2.45, 2.75) is 6.92 Å². The van der Waals surface area contributed by atoms with E-state index in [2.05, 4.69) is 22.0 Å². The van der Waals surface area contributed by atoms with Crippen molar-refractivity contribution in [3.05, 3.63) is 58.4 Å². The Balaban J connectivity index is 1.52. The molecule has 1 aromatic heterocycles. The van der Waals surface area contributed by atoms with Crippen molar-refractivity contribution >= 4 is 28.3 Å². The minimum Gasteiger partial charge on any atom is -0.496 e. The van der Waals surface area contributed by atoms with E-state index >= 15 is 0 Å². The Morgan fingerprint density at radius 3 is 2.38 bits per heavy atom. The summed E-state index contributed by atoms with van der Waals surface area (Å²) in [5.41, 5.74) is 1.60. The molecule has 0 bridgehead atoms. The maximum Gasteiger partial charge on any atom is 0.291 e. The van der Waals surface area contributed by atoms with Crippen LogP contribution in [0.25, 0.3) is 11.0 Å². The molecule has 8 nitrogen and oxygen atoms in total. The lowest BCUT2D eigenvalue weighted by atomic mass is 10.2. The van der Waals surface area contributed by atoms with Crippen LogP contribution in [0.4, 0.5) is 11.4 Å². The van der Waals surface area contributed by atoms with Crippen molar-refractivity contribution in [1.29, 1.82) is 0 Å². The number of fused-ring (bicyclic) bond motifs is 1. The summed E-state index contributed by atoms with van der Waals surface area (Å²) in [6, 6.07) is 12.0. The van der Waals surface area contributed by atoms with Gasteiger partial charge in [-0.2, -0.15) is 0 Å². The molecule has 168 valence electrons. The summed E-state index contributed by atoms with van der Waals surface area (Å²) < 4.78 is 16.2. The van der Waals surface area contributed by atoms with Crippen LogP contribution in [0.2, 0.25) is 0 Å². The van der Waals surface area contributed by atoms with Crippen LogP contribution in [0.1, 0.15) is 17.5 Å². The fraction of sp³-hybridized carbons (Fsp3) is 0.333. The lowest BCUT2D eigenvalue weighted by Gasteiger charge is -2.35. The van der Waals surface area contributed by atoms with Crippen molar-refractivity contribution in [2.24, 2.45) is 0 Å². The van der Waals surface area contributed by atoms with Crippen LogP contribution in [-0.4, -0.2) is 57.8 Å². The molecule has 3 aromatic rings. The number of hydrogen-bond acceptors (Lipinski definition) is 7. The van der Waals surface area contributed by atoms with Gasteiger partial charge in [0, 0.05) is 55.8 Å². The zero-order valence-electron chi connectivity index (χ0n) is 18.5. The molecule has 1 fully saturated rings. The smallest absolute Gasteiger partial charge is 0.291 e. The maximum absolute atomic E-state index is 12.8. The number of piperazine rings is 1. The fourth-order valence-corrected chi connectivity index (χ4v) is 3.89. The zero-order chi connectivity index (χ0) is 22.7. The van der Waals surface area contributed by atoms with Crippen molar-refractivity contribution in [2.75, 3.05) is 57.2 Å². The van der Waals surface area contributed by atoms with Gasteiger partial charge in [-0.05, 0) is 30.8 Å². The second-order valence-corrected chi connectivity index (χ2v) is 7.60. The molecule has 1 aliphatic rings. The zero-order valence-corrected chi connectivity index (χ0v) is 18.5. The molecule has 0 spiro atoms. The summed E-state index contributed by atoms with van der Waals surface area (Å²) in [5.74, 6) is 0.202. The number of likely N-dealkylation sites (N-methyl/N-ethyl adjacent to an activating group) is 1. The summed E-state index contributed by atoms with van der Waals surface area (Å²) in [5, 5.41) is 3.05. The summed E-state index contributed by atoms with van der Waals surface area (Å²) in [7, 11) is 2.96. The Labute approximate surface area is 186 Å². The Hall–Kier alpha value is -3.52. The molecule has 0 aliphatic carbocycles. The Morgan fingerprint density at radius 1 is 1.03 bits per heavy atom. The van der Waals surface area contributed by atoms with Crippen LogP contribution >= 0.6 is 0 Å². The number of carbonyl (C=O) groups is 1. The molecule has 0 atom stereocenters. The topological polar surface area (TPSA) is 84.2 Å². The van der Waals surface area contributed by atoms with Gasteiger partial charge in [-0.3, -0.25) is 9.59 Å². The second kappa shape index (κ2) is 9.32. The van der Waals surface area contributed by atoms with Crippen LogP contribution in [0, 0.1) is 0 Å². The first-order chi connectivity index (χ1) is 15.5. The van der Waals surface area contributed by atoms with E-state index in [1.165, 1.54) is 20.3 Å². The number of hydrogen-bond donors (Lipinski definition) is 1. The van der Waals surface area contributed by atoms with E-state index in [-0.39, 0.29) is 22.2 Å². The summed E-state index contributed by atoms with van der Waals surface area (Å²) in [6.07, 6.45) is 0. The molecule has 4 rings (SSSR count). The molecule has 0 saturated carbocycles. The number of methoxy groups -OCH3 is 2. The van der Waals surface area contributed by atoms with Crippen LogP contribution < -0.4 is 25.1 Å². The highest BCUT2D eigenvalue weighted by Gasteiger charge is 2.18. The molecule has 2 heterocycles. The lowest BCUT2D eigenvalue weighted by Crippen LogP contribution is -2.46. The van der Waals surface area contributed by atoms with Gasteiger partial charge >= 0.3 is 0 Å². The van der Waals surface area contributed by atoms with E-state index in [9.17, 15) is 9.59 Å². The van der Waals surface area contributed by atoms with Gasteiger partial charge in [-0.15, -0.1) is 0 Å². The number of anilines is 2. The van der Waals surface area contributed by atoms with Gasteiger partial charge in [0.2, 0.25) is 0 Å². The molecular formula is C24H27N3O5. The molecule has 2 aromatic carbocycles. The molecule has 1 aliphatic heterocycles. The van der Waals surface area contributed by atoms with Crippen LogP contribution in [0.3, 0.4) is 0 Å². The summed E-state index contributed by atoms with van der Waals surface area (Å²) >= 11 is 0. The van der Waals surface area contributed by atoms with Crippen LogP contribution in [0.15, 0.2) is 51.7 Å². The number of nitrogens with one attached hydrogen (secondary N) is 1. The number of rotatable bonds is 6. The van der Waals surface area contributed by atoms with Crippen LogP contribution in [0.5, 0.6) is 11.5 Å². The van der Waals surface area contributed by atoms with E-state index < -0.39 is 5.91 Å². The number of benzene rings is 2. The predicted octanol–water partition coefficient (Wildman–Crippen LogP) is 3.20. The molecule has 0 radical (unpaired) electrons. The average Bonchev–Trinajstić information content (AvgIpc) is 2.83. The first kappa shape index (κ1) is 21.7. The van der Waals surface area contributed by atoms with Crippen molar-refractivity contribution in [1.82, 2.24) is 4.90 Å². The van der Waals surface area contributed by atoms with E-state index in [1.54, 1.807) is 12.1 Å². The highest BCUT2D eigenvalue weighted by molar-refractivity contribution is 6.03. The van der Waals surface area contributed by atoms with Gasteiger partial charge in [0.1, 0.15) is 22.5 Å². The molecule has 8 heteroatoms. The van der Waals surface area contributed by atoms with E-state index in [0.717, 1.165) is 38.4 Å². The third-order valence-electron chi connectivity index (χ3n) is 5.76. The van der Waals surface area contributed by atoms with Crippen LogP contribution in [-0.2, 0) is 0 Å². The molecule has 1 N–H and O–H groups in total. The van der Waals surface area contributed by atoms with Crippen molar-refractivity contribution in [3.63, 3.8) is 0 Å². The van der Waals surface area contributed by atoms with Gasteiger partial charge in [0.05, 0.1) is 14.2 Å². The SMILES string of the molecule is CCN1CCN(c2ccc(NC(=O)c3cc(=O)c4c(OC)cc(OC)cc4o3)cc2)CC1. The largest absolute Gasteiger partial charge is 0.496 e. The lowest BCUT2D eigenvalue weighted by molar-refractivity contribution is 0.0997. The summed E-state index contributed by atoms with van der Waals surface area (Å²) in [6.45, 7) is 7.31. The minimum atomic E-state index is -0.505. The maximum atomic E-state index is 12.8. The Kier molecular flexibility index (Phi) is 6.32. The first-order valence-electron chi connectivity index (χ1n) is 10.6. The van der Waals surface area contributed by atoms with Gasteiger partial charge in [0.25, 0.3) is 5.91 Å². The Bertz CT molecular complexity index is 1160. The standard InChI is InChI=1S/C24H27N3O5/c1-4-26-9-11-27(12-10-26)17-7-5-16(6-8-17)25-24(29)22-15-19(28)23-20(31-3)13-18(30-2)14-21(23)32-22/h5-8,13-15H,4,9-12H2,1-3H3,(H,25,29). The van der Waals surface area contributed by atoms with E-state index in [0.29, 0.717) is 17.2 Å². The van der Waals surface area contributed by atoms with E-state index in [1.807, 2.05) is 24.3 Å². The average molecular weight is 437 g/mol. The van der Waals surface area contributed by atoms with Gasteiger partial charge in [0.15, 0.2) is 11.2 Å². The molecule has 32 heavy (non-hydrogen) atoms. The van der Waals surface area contributed by atoms with Crippen molar-refractivity contribution in [3.8, 4) is 11.5 Å². The fourth-order valence-electron chi connectivity index (χ4n) is 3.89. The third kappa shape index (κ3) is 4.40. The highest BCUT2D eigenvalue weighted by atomic mass is 16.5. The number of ether oxygens (including phenoxy) is 2. The minimum absolute atomic E-state index is 0.0856. The molecular weight excluding hydrogens is 410 g/mol. The first-order valence-corrected chi connectivity index (χ1v) is 10.6. The quantitative estimate of drug-likeness (QED) is 0.634. The van der Waals surface area contributed by atoms with Gasteiger partial charge in [-0.1, -0.05) is 6.92 Å². The van der Waals surface area contributed by atoms with Crippen molar-refractivity contribution < 1.29 is 18.7 Å². The highest BCUT2D eigenvalue weighted by Crippen LogP contribution is 2.29. The Morgan fingerprint density at radius 2 is 1.75 bits per heavy atom. The molecule has 0 unspecified atom stereocenters. The molecule has 1 saturated heterocycles. The number of amides is 1. The second-order valence-electron chi connectivity index (χ2n) is 7.60. The summed E-state index contributed by atoms with van der Waals surface area (Å²) in [4.78, 5) is 30.1. The monoisotopic (exact) mass is 437 g/mol. The van der Waals surface area contributed by atoms with E-state index in [4.69, 9.17) is 13.9 Å². The third-order valence-corrected chi connectivity index (χ3v) is 5.76. The molecule has 1 amide bonds. The van der Waals surface area contributed by atoms with Gasteiger partial charge in [-0.25, -0.2) is 0 Å². The number of nitrogens with zero attached hydrogens (tertiary/aromatic N) is 2. The normalized spacial score (nSPS) is 14.4. The number of carbonyl (C=O) groups excluding carboxylic acids is 1. The predicted molar refractivity (Wildman–Crippen MR) is 124 cm³/mol. The van der Waals surface area contributed by atoms with Gasteiger partial charge < -0.3 is 29.0 Å².